The Morgan fingerprint density at radius 3 is 2.42 bits per heavy atom. The summed E-state index contributed by atoms with van der Waals surface area (Å²) in [6.45, 7) is 6.19. The second kappa shape index (κ2) is 14.3. The molecule has 0 aliphatic rings. The van der Waals surface area contributed by atoms with Crippen molar-refractivity contribution < 1.29 is 18.7 Å². The van der Waals surface area contributed by atoms with Gasteiger partial charge in [0.1, 0.15) is 12.4 Å². The second-order valence-corrected chi connectivity index (χ2v) is 9.46. The van der Waals surface area contributed by atoms with Crippen LogP contribution in [0.1, 0.15) is 34.9 Å². The van der Waals surface area contributed by atoms with Crippen LogP contribution in [-0.4, -0.2) is 47.9 Å². The smallest absolute Gasteiger partial charge is 0.247 e. The van der Waals surface area contributed by atoms with Crippen molar-refractivity contribution in [3.63, 3.8) is 0 Å². The summed E-state index contributed by atoms with van der Waals surface area (Å²) in [5, 5.41) is 2.00. The van der Waals surface area contributed by atoms with E-state index in [0.717, 1.165) is 21.6 Å². The third-order valence-corrected chi connectivity index (χ3v) is 6.73. The number of hydrogen-bond donors (Lipinski definition) is 0. The van der Waals surface area contributed by atoms with E-state index in [0.29, 0.717) is 39.3 Å². The fraction of sp³-hybridized carbons (Fsp3) is 0.310. The van der Waals surface area contributed by atoms with E-state index < -0.39 is 0 Å². The highest BCUT2D eigenvalue weighted by Gasteiger charge is 2.21. The van der Waals surface area contributed by atoms with E-state index in [1.165, 1.54) is 18.2 Å². The standard InChI is InChI=1S/C29H33FN2O3S/c1-3-35-18-7-17-31(28(33)15-12-24-8-5-4-6-9-24)22-29(34)32(21-27-23(2)16-19-36-27)20-25-10-13-26(30)14-11-25/h4-6,8-16,19H,3,7,17-18,20-22H2,1-2H3/b15-12+. The Hall–Kier alpha value is -3.29. The van der Waals surface area contributed by atoms with Gasteiger partial charge >= 0.3 is 0 Å². The summed E-state index contributed by atoms with van der Waals surface area (Å²) in [7, 11) is 0. The summed E-state index contributed by atoms with van der Waals surface area (Å²) in [6, 6.07) is 17.8. The highest BCUT2D eigenvalue weighted by Crippen LogP contribution is 2.20. The first-order valence-electron chi connectivity index (χ1n) is 12.1. The number of rotatable bonds is 13. The summed E-state index contributed by atoms with van der Waals surface area (Å²) in [5.74, 6) is -0.704. The molecule has 0 radical (unpaired) electrons. The van der Waals surface area contributed by atoms with Crippen molar-refractivity contribution in [1.29, 1.82) is 0 Å². The van der Waals surface area contributed by atoms with Crippen LogP contribution in [0.3, 0.4) is 0 Å². The third kappa shape index (κ3) is 8.73. The molecule has 0 saturated heterocycles. The number of halogens is 1. The predicted octanol–water partition coefficient (Wildman–Crippen LogP) is 5.69. The normalized spacial score (nSPS) is 11.1. The van der Waals surface area contributed by atoms with Gasteiger partial charge < -0.3 is 14.5 Å². The van der Waals surface area contributed by atoms with Crippen molar-refractivity contribution in [2.45, 2.75) is 33.4 Å². The van der Waals surface area contributed by atoms with Gasteiger partial charge in [0.15, 0.2) is 0 Å². The Morgan fingerprint density at radius 1 is 1.00 bits per heavy atom. The highest BCUT2D eigenvalue weighted by atomic mass is 32.1. The minimum Gasteiger partial charge on any atom is -0.382 e. The lowest BCUT2D eigenvalue weighted by atomic mass is 10.2. The van der Waals surface area contributed by atoms with Gasteiger partial charge in [0.05, 0.1) is 6.54 Å². The van der Waals surface area contributed by atoms with Crippen LogP contribution < -0.4 is 0 Å². The van der Waals surface area contributed by atoms with E-state index in [2.05, 4.69) is 0 Å². The second-order valence-electron chi connectivity index (χ2n) is 8.46. The van der Waals surface area contributed by atoms with E-state index in [-0.39, 0.29) is 24.2 Å². The minimum atomic E-state index is -0.318. The van der Waals surface area contributed by atoms with E-state index >= 15 is 0 Å². The molecule has 0 atom stereocenters. The fourth-order valence-electron chi connectivity index (χ4n) is 3.65. The zero-order valence-electron chi connectivity index (χ0n) is 20.9. The number of ether oxygens (including phenoxy) is 1. The molecule has 2 amide bonds. The van der Waals surface area contributed by atoms with Gasteiger partial charge in [0.25, 0.3) is 0 Å². The molecule has 190 valence electrons. The summed E-state index contributed by atoms with van der Waals surface area (Å²) in [6.07, 6.45) is 3.90. The molecule has 3 rings (SSSR count). The summed E-state index contributed by atoms with van der Waals surface area (Å²) >= 11 is 1.60. The van der Waals surface area contributed by atoms with Crippen LogP contribution in [0, 0.1) is 12.7 Å². The summed E-state index contributed by atoms with van der Waals surface area (Å²) in [5.41, 5.74) is 2.86. The molecule has 0 N–H and O–H groups in total. The molecule has 5 nitrogen and oxygen atoms in total. The molecule has 1 aromatic heterocycles. The Kier molecular flexibility index (Phi) is 10.9. The zero-order valence-corrected chi connectivity index (χ0v) is 21.7. The molecule has 0 aliphatic carbocycles. The SMILES string of the molecule is CCOCCCN(CC(=O)N(Cc1ccc(F)cc1)Cc1sccc1C)C(=O)/C=C/c1ccccc1. The maximum Gasteiger partial charge on any atom is 0.247 e. The maximum atomic E-state index is 13.5. The number of carbonyl (C=O) groups is 2. The lowest BCUT2D eigenvalue weighted by molar-refractivity contribution is -0.139. The lowest BCUT2D eigenvalue weighted by Gasteiger charge is -2.27. The zero-order chi connectivity index (χ0) is 25.8. The van der Waals surface area contributed by atoms with E-state index in [4.69, 9.17) is 4.74 Å². The number of carbonyl (C=O) groups excluding carboxylic acids is 2. The number of thiophene rings is 1. The van der Waals surface area contributed by atoms with Gasteiger partial charge in [-0.15, -0.1) is 11.3 Å². The molecule has 3 aromatic rings. The number of amides is 2. The Labute approximate surface area is 216 Å². The molecule has 1 heterocycles. The molecular weight excluding hydrogens is 475 g/mol. The maximum absolute atomic E-state index is 13.5. The molecule has 0 saturated carbocycles. The van der Waals surface area contributed by atoms with Crippen molar-refractivity contribution in [3.05, 3.63) is 99.5 Å². The van der Waals surface area contributed by atoms with Crippen molar-refractivity contribution in [2.24, 2.45) is 0 Å². The first-order chi connectivity index (χ1) is 17.5. The van der Waals surface area contributed by atoms with Crippen LogP contribution in [0.25, 0.3) is 6.08 Å². The molecule has 7 heteroatoms. The van der Waals surface area contributed by atoms with Crippen LogP contribution in [0.5, 0.6) is 0 Å². The third-order valence-electron chi connectivity index (χ3n) is 5.72. The van der Waals surface area contributed by atoms with Crippen molar-refractivity contribution in [3.8, 4) is 0 Å². The molecule has 0 fully saturated rings. The molecular formula is C29H33FN2O3S. The molecule has 0 unspecified atom stereocenters. The minimum absolute atomic E-state index is 0.0459. The lowest BCUT2D eigenvalue weighted by Crippen LogP contribution is -2.42. The van der Waals surface area contributed by atoms with Crippen LogP contribution in [0.2, 0.25) is 0 Å². The first-order valence-corrected chi connectivity index (χ1v) is 13.0. The van der Waals surface area contributed by atoms with E-state index in [9.17, 15) is 14.0 Å². The topological polar surface area (TPSA) is 49.9 Å². The van der Waals surface area contributed by atoms with Gasteiger partial charge in [-0.25, -0.2) is 4.39 Å². The van der Waals surface area contributed by atoms with Crippen LogP contribution in [0.4, 0.5) is 4.39 Å². The van der Waals surface area contributed by atoms with Crippen molar-refractivity contribution in [1.82, 2.24) is 9.80 Å². The van der Waals surface area contributed by atoms with Crippen LogP contribution >= 0.6 is 11.3 Å². The Morgan fingerprint density at radius 2 is 1.75 bits per heavy atom. The molecule has 2 aromatic carbocycles. The predicted molar refractivity (Wildman–Crippen MR) is 143 cm³/mol. The molecule has 0 bridgehead atoms. The van der Waals surface area contributed by atoms with Gasteiger partial charge in [-0.05, 0) is 66.6 Å². The van der Waals surface area contributed by atoms with E-state index in [1.807, 2.05) is 55.6 Å². The van der Waals surface area contributed by atoms with E-state index in [1.54, 1.807) is 39.3 Å². The van der Waals surface area contributed by atoms with Crippen molar-refractivity contribution in [2.75, 3.05) is 26.3 Å². The van der Waals surface area contributed by atoms with Gasteiger partial charge in [0.2, 0.25) is 11.8 Å². The number of benzene rings is 2. The molecule has 36 heavy (non-hydrogen) atoms. The largest absolute Gasteiger partial charge is 0.382 e. The summed E-state index contributed by atoms with van der Waals surface area (Å²) in [4.78, 5) is 31.0. The van der Waals surface area contributed by atoms with Gasteiger partial charge in [-0.2, -0.15) is 0 Å². The van der Waals surface area contributed by atoms with Gasteiger partial charge in [-0.3, -0.25) is 9.59 Å². The van der Waals surface area contributed by atoms with Gasteiger partial charge in [-0.1, -0.05) is 42.5 Å². The van der Waals surface area contributed by atoms with Crippen molar-refractivity contribution >= 4 is 29.2 Å². The number of aryl methyl sites for hydroxylation is 1. The fourth-order valence-corrected chi connectivity index (χ4v) is 4.57. The average molecular weight is 509 g/mol. The molecule has 0 spiro atoms. The van der Waals surface area contributed by atoms with Gasteiger partial charge in [0, 0.05) is 37.3 Å². The number of nitrogens with zero attached hydrogens (tertiary/aromatic N) is 2. The summed E-state index contributed by atoms with van der Waals surface area (Å²) < 4.78 is 18.9. The highest BCUT2D eigenvalue weighted by molar-refractivity contribution is 7.10. The Balaban J connectivity index is 1.76. The quantitative estimate of drug-likeness (QED) is 0.220. The van der Waals surface area contributed by atoms with Crippen LogP contribution in [-0.2, 0) is 27.4 Å². The average Bonchev–Trinajstić information content (AvgIpc) is 3.29. The monoisotopic (exact) mass is 508 g/mol. The number of hydrogen-bond acceptors (Lipinski definition) is 4. The molecule has 0 aliphatic heterocycles. The first kappa shape index (κ1) is 27.3. The Bertz CT molecular complexity index is 1130. The van der Waals surface area contributed by atoms with Crippen LogP contribution in [0.15, 0.2) is 72.1 Å².